The van der Waals surface area contributed by atoms with Crippen LogP contribution in [0, 0.1) is 11.3 Å². The van der Waals surface area contributed by atoms with Gasteiger partial charge in [0.15, 0.2) is 0 Å². The standard InChI is InChI=1S/C23H33N3O2/c1-22(2,3)17-11-13-23(14-12-17)20(27)26(21(28)24-23)15-25(4)19-10-9-16-7-5-6-8-18(16)19/h5-8,17,19H,9-15H2,1-4H3,(H,24,28). The Balaban J connectivity index is 1.44. The fourth-order valence-corrected chi connectivity index (χ4v) is 5.43. The normalized spacial score (nSPS) is 30.2. The maximum atomic E-state index is 13.3. The van der Waals surface area contributed by atoms with E-state index in [0.29, 0.717) is 12.6 Å². The zero-order valence-corrected chi connectivity index (χ0v) is 17.6. The van der Waals surface area contributed by atoms with Crippen molar-refractivity contribution >= 4 is 11.9 Å². The van der Waals surface area contributed by atoms with Crippen LogP contribution in [0.3, 0.4) is 0 Å². The first-order chi connectivity index (χ1) is 13.2. The van der Waals surface area contributed by atoms with Gasteiger partial charge in [0.05, 0.1) is 6.67 Å². The van der Waals surface area contributed by atoms with E-state index in [1.165, 1.54) is 16.0 Å². The van der Waals surface area contributed by atoms with Crippen molar-refractivity contribution in [1.82, 2.24) is 15.1 Å². The number of carbonyl (C=O) groups excluding carboxylic acids is 2. The predicted octanol–water partition coefficient (Wildman–Crippen LogP) is 4.09. The summed E-state index contributed by atoms with van der Waals surface area (Å²) in [5, 5.41) is 3.07. The van der Waals surface area contributed by atoms with Crippen LogP contribution in [-0.4, -0.2) is 41.0 Å². The average molecular weight is 384 g/mol. The van der Waals surface area contributed by atoms with Gasteiger partial charge < -0.3 is 5.32 Å². The van der Waals surface area contributed by atoms with Crippen LogP contribution in [0.2, 0.25) is 0 Å². The highest BCUT2D eigenvalue weighted by atomic mass is 16.2. The minimum atomic E-state index is -0.673. The Morgan fingerprint density at radius 2 is 1.82 bits per heavy atom. The summed E-state index contributed by atoms with van der Waals surface area (Å²) < 4.78 is 0. The lowest BCUT2D eigenvalue weighted by Crippen LogP contribution is -2.51. The molecule has 0 bridgehead atoms. The van der Waals surface area contributed by atoms with Crippen LogP contribution in [-0.2, 0) is 11.2 Å². The third kappa shape index (κ3) is 3.24. The fraction of sp³-hybridized carbons (Fsp3) is 0.652. The van der Waals surface area contributed by atoms with Crippen LogP contribution < -0.4 is 5.32 Å². The van der Waals surface area contributed by atoms with Crippen molar-refractivity contribution in [3.63, 3.8) is 0 Å². The van der Waals surface area contributed by atoms with Gasteiger partial charge >= 0.3 is 6.03 Å². The van der Waals surface area contributed by atoms with Crippen molar-refractivity contribution in [3.05, 3.63) is 35.4 Å². The first kappa shape index (κ1) is 19.4. The van der Waals surface area contributed by atoms with E-state index in [0.717, 1.165) is 38.5 Å². The van der Waals surface area contributed by atoms with Crippen molar-refractivity contribution in [2.45, 2.75) is 70.9 Å². The van der Waals surface area contributed by atoms with Gasteiger partial charge in [-0.25, -0.2) is 9.69 Å². The van der Waals surface area contributed by atoms with Crippen LogP contribution in [0.1, 0.15) is 70.0 Å². The molecule has 1 aliphatic heterocycles. The summed E-state index contributed by atoms with van der Waals surface area (Å²) in [6.45, 7) is 7.16. The second-order valence-corrected chi connectivity index (χ2v) is 10.0. The quantitative estimate of drug-likeness (QED) is 0.800. The van der Waals surface area contributed by atoms with Crippen LogP contribution in [0.5, 0.6) is 0 Å². The first-order valence-electron chi connectivity index (χ1n) is 10.6. The van der Waals surface area contributed by atoms with Crippen molar-refractivity contribution < 1.29 is 9.59 Å². The highest BCUT2D eigenvalue weighted by Crippen LogP contribution is 2.43. The number of nitrogens with one attached hydrogen (secondary N) is 1. The SMILES string of the molecule is CN(CN1C(=O)NC2(CCC(C(C)(C)C)CC2)C1=O)C1CCc2ccccc21. The van der Waals surface area contributed by atoms with E-state index in [1.807, 2.05) is 7.05 Å². The fourth-order valence-electron chi connectivity index (χ4n) is 5.43. The monoisotopic (exact) mass is 383 g/mol. The predicted molar refractivity (Wildman–Crippen MR) is 110 cm³/mol. The largest absolute Gasteiger partial charge is 0.326 e. The Labute approximate surface area is 168 Å². The van der Waals surface area contributed by atoms with Gasteiger partial charge in [-0.15, -0.1) is 0 Å². The summed E-state index contributed by atoms with van der Waals surface area (Å²) in [5.74, 6) is 0.581. The molecule has 1 saturated heterocycles. The van der Waals surface area contributed by atoms with E-state index < -0.39 is 5.54 Å². The number of imide groups is 1. The van der Waals surface area contributed by atoms with Gasteiger partial charge in [-0.1, -0.05) is 45.0 Å². The summed E-state index contributed by atoms with van der Waals surface area (Å²) in [4.78, 5) is 29.6. The molecule has 1 heterocycles. The lowest BCUT2D eigenvalue weighted by Gasteiger charge is -2.40. The highest BCUT2D eigenvalue weighted by molar-refractivity contribution is 6.07. The van der Waals surface area contributed by atoms with E-state index in [4.69, 9.17) is 0 Å². The third-order valence-corrected chi connectivity index (χ3v) is 7.31. The molecule has 1 aromatic carbocycles. The lowest BCUT2D eigenvalue weighted by atomic mass is 9.67. The minimum Gasteiger partial charge on any atom is -0.323 e. The van der Waals surface area contributed by atoms with Crippen LogP contribution in [0.4, 0.5) is 4.79 Å². The van der Waals surface area contributed by atoms with E-state index in [1.54, 1.807) is 0 Å². The molecule has 1 unspecified atom stereocenters. The van der Waals surface area contributed by atoms with Gasteiger partial charge in [-0.05, 0) is 68.0 Å². The minimum absolute atomic E-state index is 0.0250. The molecule has 2 aliphatic carbocycles. The second kappa shape index (κ2) is 6.87. The number of fused-ring (bicyclic) bond motifs is 1. The number of hydrogen-bond acceptors (Lipinski definition) is 3. The Morgan fingerprint density at radius 3 is 2.50 bits per heavy atom. The van der Waals surface area contributed by atoms with Crippen LogP contribution in [0.15, 0.2) is 24.3 Å². The number of nitrogens with zero attached hydrogens (tertiary/aromatic N) is 2. The van der Waals surface area contributed by atoms with Crippen LogP contribution >= 0.6 is 0 Å². The van der Waals surface area contributed by atoms with Gasteiger partial charge in [-0.3, -0.25) is 9.69 Å². The Kier molecular flexibility index (Phi) is 4.77. The van der Waals surface area contributed by atoms with Gasteiger partial charge in [0.25, 0.3) is 5.91 Å². The maximum absolute atomic E-state index is 13.3. The Hall–Kier alpha value is -1.88. The number of aryl methyl sites for hydroxylation is 1. The zero-order valence-electron chi connectivity index (χ0n) is 17.6. The van der Waals surface area contributed by atoms with Crippen molar-refractivity contribution in [2.24, 2.45) is 11.3 Å². The summed E-state index contributed by atoms with van der Waals surface area (Å²) in [6.07, 6.45) is 5.60. The molecule has 0 aromatic heterocycles. The van der Waals surface area contributed by atoms with Crippen molar-refractivity contribution in [3.8, 4) is 0 Å². The molecule has 28 heavy (non-hydrogen) atoms. The zero-order chi connectivity index (χ0) is 20.1. The maximum Gasteiger partial charge on any atom is 0.326 e. The second-order valence-electron chi connectivity index (χ2n) is 10.0. The molecule has 4 rings (SSSR count). The number of rotatable bonds is 3. The molecule has 1 atom stereocenters. The molecule has 3 aliphatic rings. The van der Waals surface area contributed by atoms with Gasteiger partial charge in [0, 0.05) is 6.04 Å². The number of benzene rings is 1. The molecule has 1 saturated carbocycles. The molecule has 5 heteroatoms. The van der Waals surface area contributed by atoms with E-state index in [-0.39, 0.29) is 23.4 Å². The number of amides is 3. The number of urea groups is 1. The van der Waals surface area contributed by atoms with Gasteiger partial charge in [0.1, 0.15) is 5.54 Å². The molecule has 5 nitrogen and oxygen atoms in total. The molecule has 152 valence electrons. The van der Waals surface area contributed by atoms with Gasteiger partial charge in [-0.2, -0.15) is 0 Å². The molecular weight excluding hydrogens is 350 g/mol. The van der Waals surface area contributed by atoms with E-state index >= 15 is 0 Å². The molecular formula is C23H33N3O2. The topological polar surface area (TPSA) is 52.6 Å². The molecule has 1 N–H and O–H groups in total. The molecule has 0 radical (unpaired) electrons. The summed E-state index contributed by atoms with van der Waals surface area (Å²) in [5.41, 5.74) is 2.29. The average Bonchev–Trinajstić information content (AvgIpc) is 3.17. The highest BCUT2D eigenvalue weighted by Gasteiger charge is 2.53. The molecule has 1 spiro atoms. The summed E-state index contributed by atoms with van der Waals surface area (Å²) >= 11 is 0. The summed E-state index contributed by atoms with van der Waals surface area (Å²) in [7, 11) is 2.02. The van der Waals surface area contributed by atoms with E-state index in [2.05, 4.69) is 55.3 Å². The number of carbonyl (C=O) groups is 2. The van der Waals surface area contributed by atoms with E-state index in [9.17, 15) is 9.59 Å². The number of hydrogen-bond donors (Lipinski definition) is 1. The third-order valence-electron chi connectivity index (χ3n) is 7.31. The molecule has 1 aromatic rings. The first-order valence-corrected chi connectivity index (χ1v) is 10.6. The Bertz CT molecular complexity index is 774. The lowest BCUT2D eigenvalue weighted by molar-refractivity contribution is -0.134. The Morgan fingerprint density at radius 1 is 1.14 bits per heavy atom. The molecule has 2 fully saturated rings. The van der Waals surface area contributed by atoms with Gasteiger partial charge in [0.2, 0.25) is 0 Å². The van der Waals surface area contributed by atoms with Crippen molar-refractivity contribution in [1.29, 1.82) is 0 Å². The summed E-state index contributed by atoms with van der Waals surface area (Å²) in [6, 6.07) is 8.55. The smallest absolute Gasteiger partial charge is 0.323 e. The molecule has 3 amide bonds. The van der Waals surface area contributed by atoms with Crippen LogP contribution in [0.25, 0.3) is 0 Å². The van der Waals surface area contributed by atoms with Crippen molar-refractivity contribution in [2.75, 3.05) is 13.7 Å².